The molecule has 5 heteroatoms. The third kappa shape index (κ3) is 5.04. The first kappa shape index (κ1) is 15.3. The van der Waals surface area contributed by atoms with Crippen LogP contribution in [0.4, 0.5) is 0 Å². The van der Waals surface area contributed by atoms with E-state index >= 15 is 0 Å². The first-order chi connectivity index (χ1) is 10.1. The minimum absolute atomic E-state index is 0.0683. The van der Waals surface area contributed by atoms with Crippen molar-refractivity contribution in [1.82, 2.24) is 5.43 Å². The van der Waals surface area contributed by atoms with Gasteiger partial charge in [0, 0.05) is 4.47 Å². The Morgan fingerprint density at radius 1 is 1.14 bits per heavy atom. The van der Waals surface area contributed by atoms with Crippen LogP contribution in [0.3, 0.4) is 0 Å². The number of hydrazone groups is 1. The molecule has 0 unspecified atom stereocenters. The van der Waals surface area contributed by atoms with Gasteiger partial charge >= 0.3 is 0 Å². The van der Waals surface area contributed by atoms with Gasteiger partial charge in [-0.25, -0.2) is 5.43 Å². The van der Waals surface area contributed by atoms with Crippen molar-refractivity contribution in [2.24, 2.45) is 5.10 Å². The first-order valence-electron chi connectivity index (χ1n) is 6.42. The Bertz CT molecular complexity index is 624. The zero-order valence-electron chi connectivity index (χ0n) is 11.5. The Morgan fingerprint density at radius 3 is 2.48 bits per heavy atom. The van der Waals surface area contributed by atoms with Gasteiger partial charge in [-0.2, -0.15) is 5.10 Å². The lowest BCUT2D eigenvalue weighted by Crippen LogP contribution is -2.25. The van der Waals surface area contributed by atoms with Crippen molar-refractivity contribution in [3.05, 3.63) is 64.6 Å². The van der Waals surface area contributed by atoms with Crippen molar-refractivity contribution in [2.45, 2.75) is 6.92 Å². The van der Waals surface area contributed by atoms with Crippen LogP contribution in [-0.4, -0.2) is 18.2 Å². The van der Waals surface area contributed by atoms with E-state index in [9.17, 15) is 4.79 Å². The standard InChI is InChI=1S/C16H15BrN2O2/c1-12(13-7-9-14(17)10-8-13)18-19-16(20)11-21-15-5-3-2-4-6-15/h2-10H,11H2,1H3,(H,19,20)/b18-12-. The van der Waals surface area contributed by atoms with Crippen molar-refractivity contribution >= 4 is 27.5 Å². The molecule has 1 amide bonds. The van der Waals surface area contributed by atoms with Gasteiger partial charge in [-0.05, 0) is 36.8 Å². The van der Waals surface area contributed by atoms with E-state index in [2.05, 4.69) is 26.5 Å². The van der Waals surface area contributed by atoms with Crippen LogP contribution in [0.5, 0.6) is 5.75 Å². The van der Waals surface area contributed by atoms with Crippen molar-refractivity contribution in [1.29, 1.82) is 0 Å². The van der Waals surface area contributed by atoms with Gasteiger partial charge in [0.1, 0.15) is 5.75 Å². The van der Waals surface area contributed by atoms with Gasteiger partial charge in [-0.1, -0.05) is 46.3 Å². The van der Waals surface area contributed by atoms with Crippen molar-refractivity contribution in [3.8, 4) is 5.75 Å². The Balaban J connectivity index is 1.85. The number of carbonyl (C=O) groups is 1. The maximum atomic E-state index is 11.7. The molecule has 0 saturated carbocycles. The van der Waals surface area contributed by atoms with Crippen LogP contribution in [0.2, 0.25) is 0 Å². The molecular formula is C16H15BrN2O2. The van der Waals surface area contributed by atoms with E-state index in [1.807, 2.05) is 49.4 Å². The van der Waals surface area contributed by atoms with E-state index in [1.165, 1.54) is 0 Å². The summed E-state index contributed by atoms with van der Waals surface area (Å²) < 4.78 is 6.33. The molecule has 0 aliphatic heterocycles. The quantitative estimate of drug-likeness (QED) is 0.666. The van der Waals surface area contributed by atoms with E-state index in [0.29, 0.717) is 5.75 Å². The molecule has 21 heavy (non-hydrogen) atoms. The van der Waals surface area contributed by atoms with E-state index in [0.717, 1.165) is 15.7 Å². The van der Waals surface area contributed by atoms with Gasteiger partial charge in [0.2, 0.25) is 0 Å². The number of halogens is 1. The third-order valence-corrected chi connectivity index (χ3v) is 3.25. The molecule has 0 saturated heterocycles. The highest BCUT2D eigenvalue weighted by Gasteiger charge is 2.02. The van der Waals surface area contributed by atoms with Crippen LogP contribution in [0, 0.1) is 0 Å². The number of hydrogen-bond acceptors (Lipinski definition) is 3. The van der Waals surface area contributed by atoms with E-state index in [4.69, 9.17) is 4.74 Å². The fourth-order valence-corrected chi connectivity index (χ4v) is 1.86. The average Bonchev–Trinajstić information content (AvgIpc) is 2.52. The number of ether oxygens (including phenoxy) is 1. The maximum Gasteiger partial charge on any atom is 0.277 e. The monoisotopic (exact) mass is 346 g/mol. The van der Waals surface area contributed by atoms with Gasteiger partial charge in [-0.3, -0.25) is 4.79 Å². The Morgan fingerprint density at radius 2 is 1.81 bits per heavy atom. The lowest BCUT2D eigenvalue weighted by Gasteiger charge is -2.05. The summed E-state index contributed by atoms with van der Waals surface area (Å²) in [7, 11) is 0. The predicted octanol–water partition coefficient (Wildman–Crippen LogP) is 3.37. The molecule has 1 N–H and O–H groups in total. The molecule has 0 atom stereocenters. The van der Waals surface area contributed by atoms with Gasteiger partial charge in [-0.15, -0.1) is 0 Å². The third-order valence-electron chi connectivity index (χ3n) is 2.72. The molecule has 0 heterocycles. The lowest BCUT2D eigenvalue weighted by molar-refractivity contribution is -0.123. The van der Waals surface area contributed by atoms with Crippen LogP contribution in [-0.2, 0) is 4.79 Å². The number of rotatable bonds is 5. The number of amides is 1. The summed E-state index contributed by atoms with van der Waals surface area (Å²) in [6.45, 7) is 1.77. The van der Waals surface area contributed by atoms with Crippen LogP contribution in [0.1, 0.15) is 12.5 Å². The van der Waals surface area contributed by atoms with Crippen molar-refractivity contribution in [2.75, 3.05) is 6.61 Å². The van der Waals surface area contributed by atoms with Gasteiger partial charge in [0.05, 0.1) is 5.71 Å². The second-order valence-electron chi connectivity index (χ2n) is 4.34. The molecule has 2 aromatic carbocycles. The van der Waals surface area contributed by atoms with E-state index < -0.39 is 0 Å². The highest BCUT2D eigenvalue weighted by Crippen LogP contribution is 2.11. The van der Waals surface area contributed by atoms with E-state index in [1.54, 1.807) is 12.1 Å². The van der Waals surface area contributed by atoms with Crippen molar-refractivity contribution in [3.63, 3.8) is 0 Å². The largest absolute Gasteiger partial charge is 0.484 e. The first-order valence-corrected chi connectivity index (χ1v) is 7.21. The van der Waals surface area contributed by atoms with Gasteiger partial charge in [0.25, 0.3) is 5.91 Å². The normalized spacial score (nSPS) is 11.0. The van der Waals surface area contributed by atoms with Crippen LogP contribution in [0.25, 0.3) is 0 Å². The lowest BCUT2D eigenvalue weighted by atomic mass is 10.1. The number of carbonyl (C=O) groups excluding carboxylic acids is 1. The molecular weight excluding hydrogens is 332 g/mol. The van der Waals surface area contributed by atoms with Gasteiger partial charge < -0.3 is 4.74 Å². The van der Waals surface area contributed by atoms with E-state index in [-0.39, 0.29) is 12.5 Å². The Labute approximate surface area is 132 Å². The number of benzene rings is 2. The minimum atomic E-state index is -0.296. The maximum absolute atomic E-state index is 11.7. The number of nitrogens with zero attached hydrogens (tertiary/aromatic N) is 1. The summed E-state index contributed by atoms with van der Waals surface area (Å²) >= 11 is 3.37. The second-order valence-corrected chi connectivity index (χ2v) is 5.26. The molecule has 0 aliphatic rings. The zero-order valence-corrected chi connectivity index (χ0v) is 13.1. The van der Waals surface area contributed by atoms with Crippen LogP contribution in [0.15, 0.2) is 64.2 Å². The highest BCUT2D eigenvalue weighted by molar-refractivity contribution is 9.10. The molecule has 0 radical (unpaired) electrons. The fourth-order valence-electron chi connectivity index (χ4n) is 1.60. The molecule has 108 valence electrons. The van der Waals surface area contributed by atoms with Crippen LogP contribution < -0.4 is 10.2 Å². The topological polar surface area (TPSA) is 50.7 Å². The summed E-state index contributed by atoms with van der Waals surface area (Å²) in [5.74, 6) is 0.358. The smallest absolute Gasteiger partial charge is 0.277 e. The number of hydrogen-bond donors (Lipinski definition) is 1. The van der Waals surface area contributed by atoms with Crippen molar-refractivity contribution < 1.29 is 9.53 Å². The molecule has 0 fully saturated rings. The second kappa shape index (κ2) is 7.59. The molecule has 0 bridgehead atoms. The fraction of sp³-hybridized carbons (Fsp3) is 0.125. The summed E-state index contributed by atoms with van der Waals surface area (Å²) in [5, 5.41) is 4.06. The molecule has 0 aliphatic carbocycles. The Hall–Kier alpha value is -2.14. The average molecular weight is 347 g/mol. The molecule has 0 aromatic heterocycles. The minimum Gasteiger partial charge on any atom is -0.484 e. The molecule has 2 aromatic rings. The zero-order chi connectivity index (χ0) is 15.1. The molecule has 2 rings (SSSR count). The SMILES string of the molecule is C/C(=N/NC(=O)COc1ccccc1)c1ccc(Br)cc1. The van der Waals surface area contributed by atoms with Crippen LogP contribution >= 0.6 is 15.9 Å². The molecule has 4 nitrogen and oxygen atoms in total. The summed E-state index contributed by atoms with van der Waals surface area (Å²) in [5.41, 5.74) is 4.16. The molecule has 0 spiro atoms. The summed E-state index contributed by atoms with van der Waals surface area (Å²) in [6.07, 6.45) is 0. The summed E-state index contributed by atoms with van der Waals surface area (Å²) in [4.78, 5) is 11.7. The number of para-hydroxylation sites is 1. The van der Waals surface area contributed by atoms with Gasteiger partial charge in [0.15, 0.2) is 6.61 Å². The Kier molecular flexibility index (Phi) is 5.51. The predicted molar refractivity (Wildman–Crippen MR) is 86.4 cm³/mol. The summed E-state index contributed by atoms with van der Waals surface area (Å²) in [6, 6.07) is 16.9. The number of nitrogens with one attached hydrogen (secondary N) is 1. The highest BCUT2D eigenvalue weighted by atomic mass is 79.9.